The van der Waals surface area contributed by atoms with Gasteiger partial charge in [0.15, 0.2) is 64.0 Å². The molecule has 0 saturated heterocycles. The standard InChI is InChI=1S/C27H7BF19/c1-3(2)4-9(29)11(31)5(12(32)10(4)30)28(6-13(33)19(39)25(45)20(40)14(6)34,7-15(35)21(41)26(46)22(42)16(7)36)8-17(37)23(43)27(47)24(44)18(8)38/h3H,1-2H3/q-1. The summed E-state index contributed by atoms with van der Waals surface area (Å²) in [6.07, 6.45) is -7.07. The molecule has 0 aliphatic carbocycles. The highest BCUT2D eigenvalue weighted by Gasteiger charge is 2.52. The molecule has 0 N–H and O–H groups in total. The lowest BCUT2D eigenvalue weighted by molar-refractivity contribution is 0.379. The Kier molecular flexibility index (Phi) is 8.83. The van der Waals surface area contributed by atoms with Crippen molar-refractivity contribution in [3.05, 3.63) is 116 Å². The molecular formula is C27H7BF19-. The summed E-state index contributed by atoms with van der Waals surface area (Å²) in [5.41, 5.74) is -15.5. The third-order valence-electron chi connectivity index (χ3n) is 7.37. The minimum Gasteiger partial charge on any atom is -0.207 e. The van der Waals surface area contributed by atoms with Gasteiger partial charge in [0.1, 0.15) is 52.7 Å². The van der Waals surface area contributed by atoms with Crippen LogP contribution in [0.25, 0.3) is 0 Å². The topological polar surface area (TPSA) is 0 Å². The van der Waals surface area contributed by atoms with E-state index in [0.29, 0.717) is 0 Å². The fourth-order valence-electron chi connectivity index (χ4n) is 5.42. The van der Waals surface area contributed by atoms with E-state index in [0.717, 1.165) is 13.8 Å². The lowest BCUT2D eigenvalue weighted by Gasteiger charge is -2.45. The Morgan fingerprint density at radius 1 is 0.255 bits per heavy atom. The van der Waals surface area contributed by atoms with Crippen LogP contribution in [0.4, 0.5) is 83.4 Å². The molecular weight excluding hydrogens is 696 g/mol. The number of halogens is 19. The van der Waals surface area contributed by atoms with Crippen LogP contribution in [0.2, 0.25) is 0 Å². The van der Waals surface area contributed by atoms with Gasteiger partial charge in [0.2, 0.25) is 0 Å². The molecule has 0 bridgehead atoms. The van der Waals surface area contributed by atoms with Crippen molar-refractivity contribution in [2.75, 3.05) is 0 Å². The van der Waals surface area contributed by atoms with Crippen molar-refractivity contribution in [1.82, 2.24) is 0 Å². The Bertz CT molecular complexity index is 1740. The molecule has 47 heavy (non-hydrogen) atoms. The summed E-state index contributed by atoms with van der Waals surface area (Å²) in [4.78, 5) is 0. The van der Waals surface area contributed by atoms with E-state index in [2.05, 4.69) is 0 Å². The molecule has 4 rings (SSSR count). The molecule has 0 radical (unpaired) electrons. The molecule has 0 heterocycles. The maximum absolute atomic E-state index is 16.0. The summed E-state index contributed by atoms with van der Waals surface area (Å²) in [5, 5.41) is 0. The van der Waals surface area contributed by atoms with Gasteiger partial charge in [-0.1, -0.05) is 13.8 Å². The number of hydrogen-bond acceptors (Lipinski definition) is 0. The largest absolute Gasteiger partial charge is 0.207 e. The summed E-state index contributed by atoms with van der Waals surface area (Å²) in [6, 6.07) is 0. The number of hydrogen-bond donors (Lipinski definition) is 0. The Labute approximate surface area is 248 Å². The first-order valence-electron chi connectivity index (χ1n) is 12.2. The van der Waals surface area contributed by atoms with Crippen molar-refractivity contribution in [1.29, 1.82) is 0 Å². The molecule has 0 amide bonds. The second-order valence-corrected chi connectivity index (χ2v) is 10.1. The van der Waals surface area contributed by atoms with Gasteiger partial charge in [-0.2, -0.15) is 0 Å². The minimum absolute atomic E-state index is 0.774. The van der Waals surface area contributed by atoms with Crippen molar-refractivity contribution in [2.45, 2.75) is 19.8 Å². The van der Waals surface area contributed by atoms with Gasteiger partial charge in [-0.3, -0.25) is 0 Å². The average Bonchev–Trinajstić information content (AvgIpc) is 3.01. The third-order valence-corrected chi connectivity index (χ3v) is 7.37. The van der Waals surface area contributed by atoms with Gasteiger partial charge >= 0.3 is 0 Å². The van der Waals surface area contributed by atoms with Crippen molar-refractivity contribution in [3.63, 3.8) is 0 Å². The van der Waals surface area contributed by atoms with Crippen LogP contribution in [-0.4, -0.2) is 6.15 Å². The van der Waals surface area contributed by atoms with E-state index < -0.39 is 150 Å². The minimum atomic E-state index is -7.07. The quantitative estimate of drug-likeness (QED) is 0.0927. The predicted octanol–water partition coefficient (Wildman–Crippen LogP) is 6.83. The number of rotatable bonds is 5. The predicted molar refractivity (Wildman–Crippen MR) is 123 cm³/mol. The van der Waals surface area contributed by atoms with Gasteiger partial charge in [0.25, 0.3) is 0 Å². The zero-order valence-electron chi connectivity index (χ0n) is 22.3. The second kappa shape index (κ2) is 11.7. The van der Waals surface area contributed by atoms with Gasteiger partial charge in [-0.05, 0) is 5.92 Å². The maximum atomic E-state index is 16.0. The molecule has 4 aromatic carbocycles. The Hall–Kier alpha value is -4.39. The van der Waals surface area contributed by atoms with Crippen molar-refractivity contribution >= 4 is 28.0 Å². The lowest BCUT2D eigenvalue weighted by Crippen LogP contribution is -2.81. The lowest BCUT2D eigenvalue weighted by atomic mass is 9.12. The van der Waals surface area contributed by atoms with Gasteiger partial charge in [-0.25, -0.2) is 83.4 Å². The van der Waals surface area contributed by atoms with E-state index in [4.69, 9.17) is 0 Å². The highest BCUT2D eigenvalue weighted by atomic mass is 19.2. The van der Waals surface area contributed by atoms with Crippen molar-refractivity contribution < 1.29 is 83.4 Å². The average molecular weight is 703 g/mol. The molecule has 0 spiro atoms. The van der Waals surface area contributed by atoms with Gasteiger partial charge in [-0.15, -0.1) is 21.9 Å². The number of benzene rings is 4. The smallest absolute Gasteiger partial charge is 0.200 e. The van der Waals surface area contributed by atoms with Crippen LogP contribution in [0.3, 0.4) is 0 Å². The molecule has 0 fully saturated rings. The van der Waals surface area contributed by atoms with E-state index in [1.807, 2.05) is 0 Å². The maximum Gasteiger partial charge on any atom is 0.200 e. The summed E-state index contributed by atoms with van der Waals surface area (Å²) >= 11 is 0. The van der Waals surface area contributed by atoms with Crippen LogP contribution >= 0.6 is 0 Å². The first-order valence-corrected chi connectivity index (χ1v) is 12.2. The zero-order chi connectivity index (χ0) is 35.9. The highest BCUT2D eigenvalue weighted by Crippen LogP contribution is 2.32. The van der Waals surface area contributed by atoms with E-state index in [1.54, 1.807) is 0 Å². The molecule has 0 aromatic heterocycles. The molecule has 0 saturated carbocycles. The Balaban J connectivity index is 2.69. The zero-order valence-corrected chi connectivity index (χ0v) is 22.3. The molecule has 252 valence electrons. The van der Waals surface area contributed by atoms with E-state index in [9.17, 15) is 39.5 Å². The van der Waals surface area contributed by atoms with Crippen molar-refractivity contribution in [3.8, 4) is 0 Å². The first kappa shape index (κ1) is 35.5. The highest BCUT2D eigenvalue weighted by molar-refractivity contribution is 7.20. The van der Waals surface area contributed by atoms with Gasteiger partial charge in [0, 0.05) is 5.56 Å². The second-order valence-electron chi connectivity index (χ2n) is 10.1. The summed E-state index contributed by atoms with van der Waals surface area (Å²) in [6.45, 7) is 1.55. The molecule has 0 aliphatic heterocycles. The van der Waals surface area contributed by atoms with E-state index in [-0.39, 0.29) is 0 Å². The molecule has 0 aliphatic rings. The molecule has 0 nitrogen and oxygen atoms in total. The summed E-state index contributed by atoms with van der Waals surface area (Å²) < 4.78 is 286. The molecule has 20 heteroatoms. The SMILES string of the molecule is CC(C)c1c(F)c(F)c([B-](c2c(F)c(F)c(F)c(F)c2F)(c2c(F)c(F)c(F)c(F)c2F)c2c(F)c(F)c(F)c(F)c2F)c(F)c1F. The van der Waals surface area contributed by atoms with Crippen LogP contribution in [0.15, 0.2) is 0 Å². The summed E-state index contributed by atoms with van der Waals surface area (Å²) in [5.74, 6) is -66.4. The van der Waals surface area contributed by atoms with E-state index >= 15 is 43.9 Å². The Morgan fingerprint density at radius 3 is 0.574 bits per heavy atom. The van der Waals surface area contributed by atoms with Gasteiger partial charge in [0.05, 0.1) is 0 Å². The van der Waals surface area contributed by atoms with E-state index in [1.165, 1.54) is 0 Å². The fraction of sp³-hybridized carbons (Fsp3) is 0.111. The van der Waals surface area contributed by atoms with Crippen LogP contribution < -0.4 is 21.9 Å². The normalized spacial score (nSPS) is 12.1. The van der Waals surface area contributed by atoms with Crippen LogP contribution in [0, 0.1) is 111 Å². The first-order chi connectivity index (χ1) is 21.6. The monoisotopic (exact) mass is 703 g/mol. The summed E-state index contributed by atoms with van der Waals surface area (Å²) in [7, 11) is 0. The van der Waals surface area contributed by atoms with Crippen LogP contribution in [-0.2, 0) is 0 Å². The third kappa shape index (κ3) is 4.56. The molecule has 0 unspecified atom stereocenters. The van der Waals surface area contributed by atoms with Crippen LogP contribution in [0.1, 0.15) is 25.3 Å². The van der Waals surface area contributed by atoms with Gasteiger partial charge < -0.3 is 0 Å². The molecule has 0 atom stereocenters. The fourth-order valence-corrected chi connectivity index (χ4v) is 5.42. The Morgan fingerprint density at radius 2 is 0.404 bits per heavy atom. The van der Waals surface area contributed by atoms with Crippen LogP contribution in [0.5, 0.6) is 0 Å². The van der Waals surface area contributed by atoms with Crippen molar-refractivity contribution in [2.24, 2.45) is 0 Å². The molecule has 4 aromatic rings.